The molecule has 0 bridgehead atoms. The standard InChI is InChI=1S/C18H20N4O3S/c1-2-13-3-5-14(6-4-13)17(23)11-12-21-15-7-9-16(10-8-15)26(24,25)22-18(19)20/h3-12,21H,2H2,1H3,(H4,19,20,22). The molecule has 7 nitrogen and oxygen atoms in total. The Morgan fingerprint density at radius 2 is 1.69 bits per heavy atom. The average molecular weight is 372 g/mol. The predicted molar refractivity (Wildman–Crippen MR) is 102 cm³/mol. The summed E-state index contributed by atoms with van der Waals surface area (Å²) in [4.78, 5) is 12.0. The van der Waals surface area contributed by atoms with Crippen LogP contribution in [0.2, 0.25) is 0 Å². The van der Waals surface area contributed by atoms with Gasteiger partial charge < -0.3 is 16.8 Å². The Morgan fingerprint density at radius 1 is 1.08 bits per heavy atom. The van der Waals surface area contributed by atoms with Crippen LogP contribution in [0.25, 0.3) is 0 Å². The summed E-state index contributed by atoms with van der Waals surface area (Å²) in [6.07, 6.45) is 3.82. The Bertz CT molecular complexity index is 927. The minimum atomic E-state index is -3.91. The summed E-state index contributed by atoms with van der Waals surface area (Å²) in [6, 6.07) is 13.2. The van der Waals surface area contributed by atoms with Gasteiger partial charge >= 0.3 is 0 Å². The number of nitrogens with two attached hydrogens (primary N) is 2. The van der Waals surface area contributed by atoms with Gasteiger partial charge in [0.1, 0.15) is 0 Å². The third kappa shape index (κ3) is 5.18. The molecule has 2 aromatic carbocycles. The molecular formula is C18H20N4O3S. The molecule has 0 aliphatic carbocycles. The SMILES string of the molecule is CCc1ccc(C(=O)C=CNc2ccc(S(=O)(=O)N=C(N)N)cc2)cc1. The van der Waals surface area contributed by atoms with Crippen molar-refractivity contribution in [2.24, 2.45) is 15.9 Å². The van der Waals surface area contributed by atoms with E-state index in [2.05, 4.69) is 16.6 Å². The molecule has 0 unspecified atom stereocenters. The minimum Gasteiger partial charge on any atom is -0.369 e. The highest BCUT2D eigenvalue weighted by atomic mass is 32.2. The van der Waals surface area contributed by atoms with Crippen molar-refractivity contribution in [2.75, 3.05) is 5.32 Å². The number of benzene rings is 2. The van der Waals surface area contributed by atoms with E-state index in [4.69, 9.17) is 11.5 Å². The van der Waals surface area contributed by atoms with Crippen molar-refractivity contribution < 1.29 is 13.2 Å². The van der Waals surface area contributed by atoms with Crippen LogP contribution in [-0.2, 0) is 16.4 Å². The smallest absolute Gasteiger partial charge is 0.285 e. The van der Waals surface area contributed by atoms with Crippen molar-refractivity contribution in [1.29, 1.82) is 0 Å². The normalized spacial score (nSPS) is 11.3. The van der Waals surface area contributed by atoms with Crippen LogP contribution in [0.15, 0.2) is 70.1 Å². The van der Waals surface area contributed by atoms with Gasteiger partial charge in [-0.3, -0.25) is 4.79 Å². The summed E-state index contributed by atoms with van der Waals surface area (Å²) >= 11 is 0. The topological polar surface area (TPSA) is 128 Å². The fraction of sp³-hybridized carbons (Fsp3) is 0.111. The first-order chi connectivity index (χ1) is 12.3. The summed E-state index contributed by atoms with van der Waals surface area (Å²) in [5.74, 6) is -0.660. The van der Waals surface area contributed by atoms with Crippen LogP contribution in [-0.4, -0.2) is 20.2 Å². The molecular weight excluding hydrogens is 352 g/mol. The molecule has 0 aliphatic heterocycles. The number of sulfonamides is 1. The van der Waals surface area contributed by atoms with Gasteiger partial charge in [0.2, 0.25) is 5.96 Å². The van der Waals surface area contributed by atoms with Crippen LogP contribution in [0, 0.1) is 0 Å². The largest absolute Gasteiger partial charge is 0.369 e. The number of allylic oxidation sites excluding steroid dienone is 1. The molecule has 136 valence electrons. The lowest BCUT2D eigenvalue weighted by Crippen LogP contribution is -2.24. The second-order valence-electron chi connectivity index (χ2n) is 5.41. The molecule has 2 rings (SSSR count). The highest BCUT2D eigenvalue weighted by Gasteiger charge is 2.12. The third-order valence-corrected chi connectivity index (χ3v) is 4.83. The number of nitrogens with one attached hydrogen (secondary N) is 1. The van der Waals surface area contributed by atoms with Crippen LogP contribution >= 0.6 is 0 Å². The molecule has 0 fully saturated rings. The fourth-order valence-corrected chi connectivity index (χ4v) is 2.99. The minimum absolute atomic E-state index is 0.0347. The quantitative estimate of drug-likeness (QED) is 0.295. The fourth-order valence-electron chi connectivity index (χ4n) is 2.13. The van der Waals surface area contributed by atoms with Crippen molar-refractivity contribution in [1.82, 2.24) is 0 Å². The van der Waals surface area contributed by atoms with Crippen LogP contribution in [0.3, 0.4) is 0 Å². The highest BCUT2D eigenvalue weighted by molar-refractivity contribution is 7.90. The van der Waals surface area contributed by atoms with Gasteiger partial charge in [-0.1, -0.05) is 31.2 Å². The van der Waals surface area contributed by atoms with Gasteiger partial charge in [-0.25, -0.2) is 0 Å². The van der Waals surface area contributed by atoms with Gasteiger partial charge in [0, 0.05) is 23.5 Å². The molecule has 5 N–H and O–H groups in total. The molecule has 8 heteroatoms. The van der Waals surface area contributed by atoms with Crippen molar-refractivity contribution in [2.45, 2.75) is 18.2 Å². The first-order valence-electron chi connectivity index (χ1n) is 7.84. The van der Waals surface area contributed by atoms with Gasteiger partial charge in [-0.05, 0) is 36.2 Å². The van der Waals surface area contributed by atoms with E-state index in [0.717, 1.165) is 6.42 Å². The van der Waals surface area contributed by atoms with Crippen LogP contribution in [0.4, 0.5) is 5.69 Å². The summed E-state index contributed by atoms with van der Waals surface area (Å²) in [6.45, 7) is 2.05. The number of rotatable bonds is 7. The van der Waals surface area contributed by atoms with Gasteiger partial charge in [-0.15, -0.1) is 4.40 Å². The number of ketones is 1. The van der Waals surface area contributed by atoms with E-state index < -0.39 is 16.0 Å². The first-order valence-corrected chi connectivity index (χ1v) is 9.28. The third-order valence-electron chi connectivity index (χ3n) is 3.51. The first kappa shape index (κ1) is 19.2. The molecule has 0 atom stereocenters. The van der Waals surface area contributed by atoms with E-state index in [1.165, 1.54) is 30.0 Å². The zero-order chi connectivity index (χ0) is 19.2. The van der Waals surface area contributed by atoms with Crippen LogP contribution in [0.5, 0.6) is 0 Å². The lowest BCUT2D eigenvalue weighted by molar-refractivity contribution is 0.104. The summed E-state index contributed by atoms with van der Waals surface area (Å²) in [5.41, 5.74) is 12.6. The summed E-state index contributed by atoms with van der Waals surface area (Å²) in [7, 11) is -3.91. The number of nitrogens with zero attached hydrogens (tertiary/aromatic N) is 1. The van der Waals surface area contributed by atoms with Crippen LogP contribution < -0.4 is 16.8 Å². The number of hydrogen-bond donors (Lipinski definition) is 3. The number of guanidine groups is 1. The van der Waals surface area contributed by atoms with E-state index in [1.807, 2.05) is 12.1 Å². The molecule has 0 saturated heterocycles. The lowest BCUT2D eigenvalue weighted by atomic mass is 10.1. The average Bonchev–Trinajstić information content (AvgIpc) is 2.61. The van der Waals surface area contributed by atoms with Gasteiger partial charge in [0.05, 0.1) is 4.90 Å². The maximum Gasteiger partial charge on any atom is 0.285 e. The Balaban J connectivity index is 2.02. The monoisotopic (exact) mass is 372 g/mol. The van der Waals surface area contributed by atoms with Crippen molar-refractivity contribution >= 4 is 27.5 Å². The second-order valence-corrected chi connectivity index (χ2v) is 7.01. The maximum absolute atomic E-state index is 12.1. The molecule has 2 aromatic rings. The predicted octanol–water partition coefficient (Wildman–Crippen LogP) is 2.02. The number of carbonyl (C=O) groups is 1. The van der Waals surface area contributed by atoms with Gasteiger partial charge in [0.25, 0.3) is 10.0 Å². The highest BCUT2D eigenvalue weighted by Crippen LogP contribution is 2.16. The van der Waals surface area contributed by atoms with E-state index in [1.54, 1.807) is 24.3 Å². The van der Waals surface area contributed by atoms with E-state index >= 15 is 0 Å². The molecule has 0 aliphatic rings. The van der Waals surface area contributed by atoms with Crippen LogP contribution in [0.1, 0.15) is 22.8 Å². The van der Waals surface area contributed by atoms with Crippen molar-refractivity contribution in [3.05, 3.63) is 71.9 Å². The number of hydrogen-bond acceptors (Lipinski definition) is 4. The molecule has 0 spiro atoms. The Kier molecular flexibility index (Phi) is 6.13. The molecule has 0 heterocycles. The molecule has 0 saturated carbocycles. The molecule has 0 amide bonds. The van der Waals surface area contributed by atoms with Gasteiger partial charge in [-0.2, -0.15) is 8.42 Å². The molecule has 0 radical (unpaired) electrons. The molecule has 26 heavy (non-hydrogen) atoms. The number of anilines is 1. The Morgan fingerprint density at radius 3 is 2.23 bits per heavy atom. The zero-order valence-electron chi connectivity index (χ0n) is 14.2. The Labute approximate surface area is 152 Å². The van der Waals surface area contributed by atoms with Crippen molar-refractivity contribution in [3.63, 3.8) is 0 Å². The van der Waals surface area contributed by atoms with Gasteiger partial charge in [0.15, 0.2) is 5.78 Å². The van der Waals surface area contributed by atoms with E-state index in [0.29, 0.717) is 11.3 Å². The number of aryl methyl sites for hydroxylation is 1. The summed E-state index contributed by atoms with van der Waals surface area (Å²) < 4.78 is 26.9. The van der Waals surface area contributed by atoms with E-state index in [9.17, 15) is 13.2 Å². The van der Waals surface area contributed by atoms with Crippen molar-refractivity contribution in [3.8, 4) is 0 Å². The second kappa shape index (κ2) is 8.30. The maximum atomic E-state index is 12.1. The Hall–Kier alpha value is -3.13. The zero-order valence-corrected chi connectivity index (χ0v) is 15.0. The lowest BCUT2D eigenvalue weighted by Gasteiger charge is -2.03. The van der Waals surface area contributed by atoms with E-state index in [-0.39, 0.29) is 10.7 Å². The molecule has 0 aromatic heterocycles. The number of carbonyl (C=O) groups excluding carboxylic acids is 1. The summed E-state index contributed by atoms with van der Waals surface area (Å²) in [5, 5.41) is 2.91.